The van der Waals surface area contributed by atoms with Crippen molar-refractivity contribution in [3.63, 3.8) is 0 Å². The molecular weight excluding hydrogens is 244 g/mol. The Hall–Kier alpha value is -2.14. The first-order valence-corrected chi connectivity index (χ1v) is 6.43. The fourth-order valence-electron chi connectivity index (χ4n) is 1.88. The van der Waals surface area contributed by atoms with E-state index in [1.54, 1.807) is 22.2 Å². The van der Waals surface area contributed by atoms with Crippen molar-refractivity contribution in [1.82, 2.24) is 14.8 Å². The highest BCUT2D eigenvalue weighted by atomic mass is 32.1. The second-order valence-electron chi connectivity index (χ2n) is 3.92. The normalized spacial score (nSPS) is 10.7. The second-order valence-corrected chi connectivity index (χ2v) is 4.87. The molecule has 90 valence electrons. The van der Waals surface area contributed by atoms with Crippen LogP contribution in [0.4, 0.5) is 5.82 Å². The summed E-state index contributed by atoms with van der Waals surface area (Å²) < 4.78 is 1.69. The van der Waals surface area contributed by atoms with Crippen LogP contribution in [0.5, 0.6) is 0 Å². The predicted molar refractivity (Wildman–Crippen MR) is 74.2 cm³/mol. The Morgan fingerprint density at radius 3 is 2.78 bits per heavy atom. The number of anilines is 1. The van der Waals surface area contributed by atoms with Gasteiger partial charge in [0.2, 0.25) is 0 Å². The van der Waals surface area contributed by atoms with Gasteiger partial charge in [-0.25, -0.2) is 0 Å². The zero-order chi connectivity index (χ0) is 12.5. The summed E-state index contributed by atoms with van der Waals surface area (Å²) in [6.07, 6.45) is 1.76. The quantitative estimate of drug-likeness (QED) is 0.767. The minimum absolute atomic E-state index is 0.665. The van der Waals surface area contributed by atoms with Gasteiger partial charge in [0.25, 0.3) is 0 Å². The molecule has 0 amide bonds. The lowest BCUT2D eigenvalue weighted by atomic mass is 10.1. The third-order valence-corrected chi connectivity index (χ3v) is 3.65. The lowest BCUT2D eigenvalue weighted by molar-refractivity contribution is 0.781. The minimum atomic E-state index is 0.665. The molecule has 2 N–H and O–H groups in total. The smallest absolute Gasteiger partial charge is 0.130 e. The van der Waals surface area contributed by atoms with Crippen LogP contribution >= 0.6 is 11.3 Å². The molecule has 0 bridgehead atoms. The van der Waals surface area contributed by atoms with E-state index in [2.05, 4.69) is 10.1 Å². The Balaban J connectivity index is 2.25. The zero-order valence-electron chi connectivity index (χ0n) is 9.87. The second kappa shape index (κ2) is 4.27. The summed E-state index contributed by atoms with van der Waals surface area (Å²) in [4.78, 5) is 5.46. The van der Waals surface area contributed by atoms with Gasteiger partial charge in [-0.1, -0.05) is 12.1 Å². The van der Waals surface area contributed by atoms with Crippen LogP contribution in [0.1, 0.15) is 0 Å². The van der Waals surface area contributed by atoms with Crippen LogP contribution in [-0.2, 0) is 7.05 Å². The van der Waals surface area contributed by atoms with Gasteiger partial charge in [-0.2, -0.15) is 5.10 Å². The maximum absolute atomic E-state index is 6.11. The average Bonchev–Trinajstić information content (AvgIpc) is 3.00. The van der Waals surface area contributed by atoms with Gasteiger partial charge in [0.15, 0.2) is 0 Å². The highest BCUT2D eigenvalue weighted by Crippen LogP contribution is 2.37. The SMILES string of the molecule is Cn1nc(-c2ccccn2)c(-c2cccs2)c1N. The van der Waals surface area contributed by atoms with Crippen LogP contribution in [0, 0.1) is 0 Å². The molecule has 3 aromatic rings. The van der Waals surface area contributed by atoms with Crippen molar-refractivity contribution in [3.05, 3.63) is 41.9 Å². The monoisotopic (exact) mass is 256 g/mol. The molecule has 0 aliphatic carbocycles. The fourth-order valence-corrected chi connectivity index (χ4v) is 2.66. The number of nitrogens with two attached hydrogens (primary N) is 1. The molecule has 4 nitrogen and oxygen atoms in total. The number of hydrogen-bond acceptors (Lipinski definition) is 4. The van der Waals surface area contributed by atoms with Gasteiger partial charge in [0.1, 0.15) is 11.5 Å². The van der Waals surface area contributed by atoms with E-state index in [-0.39, 0.29) is 0 Å². The number of hydrogen-bond donors (Lipinski definition) is 1. The van der Waals surface area contributed by atoms with Crippen LogP contribution in [0.25, 0.3) is 21.8 Å². The van der Waals surface area contributed by atoms with Gasteiger partial charge in [-0.15, -0.1) is 11.3 Å². The molecule has 18 heavy (non-hydrogen) atoms. The average molecular weight is 256 g/mol. The molecule has 0 aliphatic heterocycles. The van der Waals surface area contributed by atoms with Crippen LogP contribution in [-0.4, -0.2) is 14.8 Å². The van der Waals surface area contributed by atoms with E-state index >= 15 is 0 Å². The van der Waals surface area contributed by atoms with E-state index < -0.39 is 0 Å². The molecular formula is C13H12N4S. The van der Waals surface area contributed by atoms with Crippen LogP contribution in [0.2, 0.25) is 0 Å². The number of rotatable bonds is 2. The Kier molecular flexibility index (Phi) is 2.60. The molecule has 0 fully saturated rings. The molecule has 0 saturated carbocycles. The molecule has 0 atom stereocenters. The topological polar surface area (TPSA) is 56.7 Å². The van der Waals surface area contributed by atoms with Crippen molar-refractivity contribution in [2.75, 3.05) is 5.73 Å². The van der Waals surface area contributed by atoms with E-state index in [0.717, 1.165) is 21.8 Å². The largest absolute Gasteiger partial charge is 0.383 e. The van der Waals surface area contributed by atoms with Gasteiger partial charge in [0.05, 0.1) is 11.3 Å². The van der Waals surface area contributed by atoms with Gasteiger partial charge in [-0.3, -0.25) is 9.67 Å². The summed E-state index contributed by atoms with van der Waals surface area (Å²) in [6, 6.07) is 9.84. The van der Waals surface area contributed by atoms with Gasteiger partial charge < -0.3 is 5.73 Å². The Bertz CT molecular complexity index is 656. The molecule has 3 heterocycles. The number of pyridine rings is 1. The van der Waals surface area contributed by atoms with Gasteiger partial charge in [-0.05, 0) is 23.6 Å². The van der Waals surface area contributed by atoms with Crippen LogP contribution < -0.4 is 5.73 Å². The third-order valence-electron chi connectivity index (χ3n) is 2.77. The molecule has 5 heteroatoms. The van der Waals surface area contributed by atoms with Crippen LogP contribution in [0.3, 0.4) is 0 Å². The molecule has 3 rings (SSSR count). The maximum atomic E-state index is 6.11. The number of thiophene rings is 1. The Labute approximate surface area is 109 Å². The fraction of sp³-hybridized carbons (Fsp3) is 0.0769. The lowest BCUT2D eigenvalue weighted by Crippen LogP contribution is -1.97. The van der Waals surface area contributed by atoms with Crippen LogP contribution in [0.15, 0.2) is 41.9 Å². The molecule has 0 unspecified atom stereocenters. The molecule has 0 radical (unpaired) electrons. The first-order valence-electron chi connectivity index (χ1n) is 5.55. The molecule has 0 aliphatic rings. The highest BCUT2D eigenvalue weighted by Gasteiger charge is 2.18. The summed E-state index contributed by atoms with van der Waals surface area (Å²) in [7, 11) is 1.85. The number of aromatic nitrogens is 3. The van der Waals surface area contributed by atoms with E-state index in [0.29, 0.717) is 5.82 Å². The molecule has 3 aromatic heterocycles. The lowest BCUT2D eigenvalue weighted by Gasteiger charge is -2.00. The highest BCUT2D eigenvalue weighted by molar-refractivity contribution is 7.13. The standard InChI is InChI=1S/C13H12N4S/c1-17-13(14)11(10-6-4-8-18-10)12(16-17)9-5-2-3-7-15-9/h2-8H,14H2,1H3. The van der Waals surface area contributed by atoms with Crippen molar-refractivity contribution in [2.45, 2.75) is 0 Å². The summed E-state index contributed by atoms with van der Waals surface area (Å²) in [5.74, 6) is 0.665. The van der Waals surface area contributed by atoms with Crippen molar-refractivity contribution in [2.24, 2.45) is 7.05 Å². The predicted octanol–water partition coefficient (Wildman–Crippen LogP) is 2.79. The molecule has 0 aromatic carbocycles. The third kappa shape index (κ3) is 1.69. The van der Waals surface area contributed by atoms with E-state index in [1.807, 2.05) is 42.8 Å². The summed E-state index contributed by atoms with van der Waals surface area (Å²) >= 11 is 1.65. The number of nitrogen functional groups attached to an aromatic ring is 1. The number of aryl methyl sites for hydroxylation is 1. The van der Waals surface area contributed by atoms with Gasteiger partial charge >= 0.3 is 0 Å². The maximum Gasteiger partial charge on any atom is 0.130 e. The van der Waals surface area contributed by atoms with Crippen molar-refractivity contribution in [1.29, 1.82) is 0 Å². The van der Waals surface area contributed by atoms with E-state index in [4.69, 9.17) is 5.73 Å². The Morgan fingerprint density at radius 1 is 1.22 bits per heavy atom. The summed E-state index contributed by atoms with van der Waals surface area (Å²) in [5, 5.41) is 6.50. The Morgan fingerprint density at radius 2 is 2.11 bits per heavy atom. The molecule has 0 spiro atoms. The minimum Gasteiger partial charge on any atom is -0.383 e. The van der Waals surface area contributed by atoms with Gasteiger partial charge in [0, 0.05) is 18.1 Å². The first kappa shape index (κ1) is 11.0. The summed E-state index contributed by atoms with van der Waals surface area (Å²) in [5.41, 5.74) is 8.75. The molecule has 0 saturated heterocycles. The number of nitrogens with zero attached hydrogens (tertiary/aromatic N) is 3. The van der Waals surface area contributed by atoms with Crippen molar-refractivity contribution in [3.8, 4) is 21.8 Å². The van der Waals surface area contributed by atoms with E-state index in [9.17, 15) is 0 Å². The van der Waals surface area contributed by atoms with E-state index in [1.165, 1.54) is 0 Å². The zero-order valence-corrected chi connectivity index (χ0v) is 10.7. The van der Waals surface area contributed by atoms with Crippen molar-refractivity contribution >= 4 is 17.2 Å². The summed E-state index contributed by atoms with van der Waals surface area (Å²) in [6.45, 7) is 0. The van der Waals surface area contributed by atoms with Crippen molar-refractivity contribution < 1.29 is 0 Å². The first-order chi connectivity index (χ1) is 8.77.